The molecule has 4 rings (SSSR count). The molecule has 0 aliphatic carbocycles. The third-order valence-corrected chi connectivity index (χ3v) is 5.21. The lowest BCUT2D eigenvalue weighted by molar-refractivity contribution is -0.111. The molecule has 0 saturated carbocycles. The van der Waals surface area contributed by atoms with Crippen LogP contribution in [0.1, 0.15) is 16.7 Å². The molecule has 0 spiro atoms. The van der Waals surface area contributed by atoms with Gasteiger partial charge in [-0.25, -0.2) is 0 Å². The monoisotopic (exact) mass is 389 g/mol. The van der Waals surface area contributed by atoms with Crippen molar-refractivity contribution in [3.05, 3.63) is 150 Å². The normalized spacial score (nSPS) is 11.3. The molecule has 4 aromatic carbocycles. The van der Waals surface area contributed by atoms with Gasteiger partial charge in [0.15, 0.2) is 0 Å². The fraction of sp³-hybridized carbons (Fsp3) is 0.0357. The summed E-state index contributed by atoms with van der Waals surface area (Å²) in [6, 6.07) is 40.4. The molecule has 0 aromatic heterocycles. The Hall–Kier alpha value is -3.91. The second-order valence-corrected chi connectivity index (χ2v) is 7.09. The average Bonchev–Trinajstić information content (AvgIpc) is 2.82. The van der Waals surface area contributed by atoms with Crippen molar-refractivity contribution in [2.45, 2.75) is 5.41 Å². The van der Waals surface area contributed by atoms with Crippen LogP contribution in [0.5, 0.6) is 0 Å². The van der Waals surface area contributed by atoms with Gasteiger partial charge in [-0.05, 0) is 28.8 Å². The van der Waals surface area contributed by atoms with Crippen LogP contribution in [0.25, 0.3) is 0 Å². The highest BCUT2D eigenvalue weighted by atomic mass is 16.1. The van der Waals surface area contributed by atoms with E-state index in [9.17, 15) is 4.79 Å². The van der Waals surface area contributed by atoms with Crippen LogP contribution in [0, 0.1) is 0 Å². The summed E-state index contributed by atoms with van der Waals surface area (Å²) in [4.78, 5) is 12.8. The fourth-order valence-corrected chi connectivity index (χ4v) is 3.80. The van der Waals surface area contributed by atoms with Crippen molar-refractivity contribution in [3.8, 4) is 0 Å². The highest BCUT2D eigenvalue weighted by molar-refractivity contribution is 5.99. The molecule has 0 bridgehead atoms. The van der Waals surface area contributed by atoms with Gasteiger partial charge in [-0.1, -0.05) is 115 Å². The molecule has 4 aromatic rings. The Bertz CT molecular complexity index is 1010. The van der Waals surface area contributed by atoms with Crippen molar-refractivity contribution in [2.24, 2.45) is 0 Å². The van der Waals surface area contributed by atoms with Gasteiger partial charge >= 0.3 is 0 Å². The van der Waals surface area contributed by atoms with Gasteiger partial charge in [-0.3, -0.25) is 4.79 Å². The number of nitrogens with one attached hydrogen (secondary N) is 1. The highest BCUT2D eigenvalue weighted by Crippen LogP contribution is 2.40. The molecule has 0 aliphatic heterocycles. The third kappa shape index (κ3) is 4.08. The zero-order valence-electron chi connectivity index (χ0n) is 16.6. The second-order valence-electron chi connectivity index (χ2n) is 7.09. The molecule has 2 nitrogen and oxygen atoms in total. The summed E-state index contributed by atoms with van der Waals surface area (Å²) < 4.78 is 0. The summed E-state index contributed by atoms with van der Waals surface area (Å²) >= 11 is 0. The summed E-state index contributed by atoms with van der Waals surface area (Å²) in [5.74, 6) is -0.159. The number of carbonyl (C=O) groups excluding carboxylic acids is 1. The Labute approximate surface area is 177 Å². The van der Waals surface area contributed by atoms with Crippen LogP contribution in [0.15, 0.2) is 133 Å². The lowest BCUT2D eigenvalue weighted by atomic mass is 9.69. The van der Waals surface area contributed by atoms with Crippen LogP contribution in [0.2, 0.25) is 0 Å². The van der Waals surface area contributed by atoms with Gasteiger partial charge in [-0.15, -0.1) is 0 Å². The molecule has 0 radical (unpaired) electrons. The number of benzene rings is 4. The van der Waals surface area contributed by atoms with E-state index < -0.39 is 5.41 Å². The van der Waals surface area contributed by atoms with E-state index in [2.05, 4.69) is 41.7 Å². The summed E-state index contributed by atoms with van der Waals surface area (Å²) in [6.07, 6.45) is 3.64. The first-order valence-electron chi connectivity index (χ1n) is 10.0. The van der Waals surface area contributed by atoms with E-state index in [1.807, 2.05) is 91.0 Å². The Kier molecular flexibility index (Phi) is 5.86. The smallest absolute Gasteiger partial charge is 0.248 e. The maximum absolute atomic E-state index is 12.8. The number of hydrogen-bond donors (Lipinski definition) is 1. The molecular formula is C28H23NO. The molecule has 0 atom stereocenters. The molecular weight excluding hydrogens is 366 g/mol. The van der Waals surface area contributed by atoms with Gasteiger partial charge < -0.3 is 5.32 Å². The standard InChI is InChI=1S/C28H23NO/c30-27(29-26-19-11-4-12-20-26)21-22-28(23-13-5-1-6-14-23,24-15-7-2-8-16-24)25-17-9-3-10-18-25/h1-22H,(H,29,30). The van der Waals surface area contributed by atoms with Crippen molar-refractivity contribution in [2.75, 3.05) is 5.32 Å². The van der Waals surface area contributed by atoms with Gasteiger partial charge in [0.05, 0.1) is 5.41 Å². The summed E-state index contributed by atoms with van der Waals surface area (Å²) in [5.41, 5.74) is 3.50. The van der Waals surface area contributed by atoms with Gasteiger partial charge in [0.1, 0.15) is 0 Å². The Balaban J connectivity index is 1.83. The quantitative estimate of drug-likeness (QED) is 0.308. The summed E-state index contributed by atoms with van der Waals surface area (Å²) in [5, 5.41) is 2.94. The number of rotatable bonds is 6. The third-order valence-electron chi connectivity index (χ3n) is 5.21. The van der Waals surface area contributed by atoms with E-state index in [1.54, 1.807) is 6.08 Å². The average molecular weight is 389 g/mol. The number of anilines is 1. The molecule has 1 amide bonds. The minimum atomic E-state index is -0.586. The first-order valence-corrected chi connectivity index (χ1v) is 10.0. The van der Waals surface area contributed by atoms with Crippen LogP contribution in [-0.2, 0) is 10.2 Å². The first-order chi connectivity index (χ1) is 14.8. The predicted octanol–water partition coefficient (Wildman–Crippen LogP) is 6.22. The fourth-order valence-electron chi connectivity index (χ4n) is 3.80. The van der Waals surface area contributed by atoms with Gasteiger partial charge in [0, 0.05) is 11.8 Å². The molecule has 0 aliphatic rings. The van der Waals surface area contributed by atoms with Gasteiger partial charge in [0.2, 0.25) is 5.91 Å². The minimum Gasteiger partial charge on any atom is -0.323 e. The molecule has 146 valence electrons. The predicted molar refractivity (Wildman–Crippen MR) is 123 cm³/mol. The molecule has 1 N–H and O–H groups in total. The number of para-hydroxylation sites is 1. The Morgan fingerprint density at radius 2 is 0.933 bits per heavy atom. The SMILES string of the molecule is O=C(C=CC(c1ccccc1)(c1ccccc1)c1ccccc1)Nc1ccccc1. The van der Waals surface area contributed by atoms with Gasteiger partial charge in [0.25, 0.3) is 0 Å². The molecule has 0 unspecified atom stereocenters. The van der Waals surface area contributed by atoms with E-state index in [0.29, 0.717) is 0 Å². The van der Waals surface area contributed by atoms with Crippen molar-refractivity contribution < 1.29 is 4.79 Å². The molecule has 2 heteroatoms. The zero-order valence-corrected chi connectivity index (χ0v) is 16.6. The molecule has 0 fully saturated rings. The summed E-state index contributed by atoms with van der Waals surface area (Å²) in [6.45, 7) is 0. The van der Waals surface area contributed by atoms with E-state index in [4.69, 9.17) is 0 Å². The Morgan fingerprint density at radius 1 is 0.567 bits per heavy atom. The molecule has 30 heavy (non-hydrogen) atoms. The van der Waals surface area contributed by atoms with E-state index in [-0.39, 0.29) is 5.91 Å². The first kappa shape index (κ1) is 19.4. The number of allylic oxidation sites excluding steroid dienone is 1. The Morgan fingerprint density at radius 3 is 1.33 bits per heavy atom. The van der Waals surface area contributed by atoms with E-state index in [0.717, 1.165) is 22.4 Å². The number of hydrogen-bond acceptors (Lipinski definition) is 1. The summed E-state index contributed by atoms with van der Waals surface area (Å²) in [7, 11) is 0. The molecule has 0 saturated heterocycles. The lowest BCUT2D eigenvalue weighted by Crippen LogP contribution is -2.27. The minimum absolute atomic E-state index is 0.159. The van der Waals surface area contributed by atoms with Crippen LogP contribution in [0.4, 0.5) is 5.69 Å². The zero-order chi connectivity index (χ0) is 20.7. The maximum Gasteiger partial charge on any atom is 0.248 e. The van der Waals surface area contributed by atoms with Crippen molar-refractivity contribution >= 4 is 11.6 Å². The maximum atomic E-state index is 12.8. The van der Waals surface area contributed by atoms with Crippen molar-refractivity contribution in [3.63, 3.8) is 0 Å². The van der Waals surface area contributed by atoms with Crippen LogP contribution in [-0.4, -0.2) is 5.91 Å². The van der Waals surface area contributed by atoms with Crippen LogP contribution < -0.4 is 5.32 Å². The lowest BCUT2D eigenvalue weighted by Gasteiger charge is -2.33. The van der Waals surface area contributed by atoms with E-state index in [1.165, 1.54) is 0 Å². The van der Waals surface area contributed by atoms with Crippen LogP contribution in [0.3, 0.4) is 0 Å². The molecule has 0 heterocycles. The van der Waals surface area contributed by atoms with E-state index >= 15 is 0 Å². The number of amides is 1. The second kappa shape index (κ2) is 9.06. The van der Waals surface area contributed by atoms with Crippen molar-refractivity contribution in [1.82, 2.24) is 0 Å². The largest absolute Gasteiger partial charge is 0.323 e. The van der Waals surface area contributed by atoms with Crippen molar-refractivity contribution in [1.29, 1.82) is 0 Å². The highest BCUT2D eigenvalue weighted by Gasteiger charge is 2.33. The van der Waals surface area contributed by atoms with Crippen LogP contribution >= 0.6 is 0 Å². The number of carbonyl (C=O) groups is 1. The van der Waals surface area contributed by atoms with Gasteiger partial charge in [-0.2, -0.15) is 0 Å². The topological polar surface area (TPSA) is 29.1 Å².